The SMILES string of the molecule is COc1ccc2c(c1)[nH]c(=S)n2CC1CCOCC1. The van der Waals surface area contributed by atoms with Crippen molar-refractivity contribution in [3.8, 4) is 5.75 Å². The smallest absolute Gasteiger partial charge is 0.178 e. The van der Waals surface area contributed by atoms with E-state index in [-0.39, 0.29) is 0 Å². The van der Waals surface area contributed by atoms with Gasteiger partial charge in [-0.25, -0.2) is 0 Å². The molecule has 1 fully saturated rings. The van der Waals surface area contributed by atoms with E-state index in [4.69, 9.17) is 21.7 Å². The fraction of sp³-hybridized carbons (Fsp3) is 0.500. The number of rotatable bonds is 3. The Balaban J connectivity index is 1.93. The number of aromatic amines is 1. The summed E-state index contributed by atoms with van der Waals surface area (Å²) in [4.78, 5) is 3.26. The minimum absolute atomic E-state index is 0.654. The van der Waals surface area contributed by atoms with Gasteiger partial charge in [0, 0.05) is 25.8 Å². The average molecular weight is 278 g/mol. The van der Waals surface area contributed by atoms with Gasteiger partial charge in [-0.15, -0.1) is 0 Å². The first-order valence-corrected chi connectivity index (χ1v) is 7.03. The predicted octanol–water partition coefficient (Wildman–Crippen LogP) is 3.13. The van der Waals surface area contributed by atoms with Crippen molar-refractivity contribution in [3.63, 3.8) is 0 Å². The predicted molar refractivity (Wildman–Crippen MR) is 77.2 cm³/mol. The van der Waals surface area contributed by atoms with Crippen molar-refractivity contribution in [2.75, 3.05) is 20.3 Å². The van der Waals surface area contributed by atoms with Gasteiger partial charge in [0.2, 0.25) is 0 Å². The van der Waals surface area contributed by atoms with Crippen LogP contribution in [-0.2, 0) is 11.3 Å². The molecule has 0 saturated carbocycles. The third-order valence-electron chi connectivity index (χ3n) is 3.76. The number of nitrogens with one attached hydrogen (secondary N) is 1. The van der Waals surface area contributed by atoms with Crippen LogP contribution >= 0.6 is 12.2 Å². The van der Waals surface area contributed by atoms with Crippen LogP contribution in [0, 0.1) is 10.7 Å². The Labute approximate surface area is 117 Å². The summed E-state index contributed by atoms with van der Waals surface area (Å²) in [5, 5.41) is 0. The van der Waals surface area contributed by atoms with E-state index < -0.39 is 0 Å². The van der Waals surface area contributed by atoms with Gasteiger partial charge in [0.05, 0.1) is 18.1 Å². The van der Waals surface area contributed by atoms with Crippen molar-refractivity contribution >= 4 is 23.3 Å². The number of benzene rings is 1. The van der Waals surface area contributed by atoms with E-state index in [2.05, 4.69) is 15.6 Å². The number of fused-ring (bicyclic) bond motifs is 1. The van der Waals surface area contributed by atoms with Crippen LogP contribution in [0.4, 0.5) is 0 Å². The molecule has 5 heteroatoms. The molecule has 0 unspecified atom stereocenters. The Bertz CT molecular complexity index is 626. The van der Waals surface area contributed by atoms with Crippen LogP contribution in [0.2, 0.25) is 0 Å². The minimum Gasteiger partial charge on any atom is -0.497 e. The van der Waals surface area contributed by atoms with Crippen molar-refractivity contribution in [3.05, 3.63) is 23.0 Å². The largest absolute Gasteiger partial charge is 0.497 e. The van der Waals surface area contributed by atoms with E-state index in [1.54, 1.807) is 7.11 Å². The molecule has 4 nitrogen and oxygen atoms in total. The molecule has 3 rings (SSSR count). The zero-order chi connectivity index (χ0) is 13.2. The maximum absolute atomic E-state index is 5.44. The first-order valence-electron chi connectivity index (χ1n) is 6.62. The zero-order valence-corrected chi connectivity index (χ0v) is 11.8. The molecular formula is C14H18N2O2S. The summed E-state index contributed by atoms with van der Waals surface area (Å²) in [6.07, 6.45) is 2.23. The maximum Gasteiger partial charge on any atom is 0.178 e. The molecule has 0 amide bonds. The Morgan fingerprint density at radius 3 is 2.95 bits per heavy atom. The van der Waals surface area contributed by atoms with Crippen LogP contribution in [0.15, 0.2) is 18.2 Å². The van der Waals surface area contributed by atoms with Crippen LogP contribution in [0.1, 0.15) is 12.8 Å². The van der Waals surface area contributed by atoms with Crippen molar-refractivity contribution in [2.45, 2.75) is 19.4 Å². The first-order chi connectivity index (χ1) is 9.28. The third kappa shape index (κ3) is 2.53. The van der Waals surface area contributed by atoms with E-state index in [0.29, 0.717) is 5.92 Å². The summed E-state index contributed by atoms with van der Waals surface area (Å²) in [6.45, 7) is 2.71. The van der Waals surface area contributed by atoms with Gasteiger partial charge < -0.3 is 19.0 Å². The molecule has 1 N–H and O–H groups in total. The molecular weight excluding hydrogens is 260 g/mol. The number of H-pyrrole nitrogens is 1. The van der Waals surface area contributed by atoms with Gasteiger partial charge in [-0.05, 0) is 43.1 Å². The molecule has 1 saturated heterocycles. The first kappa shape index (κ1) is 12.7. The lowest BCUT2D eigenvalue weighted by molar-refractivity contribution is 0.0615. The Morgan fingerprint density at radius 2 is 2.21 bits per heavy atom. The number of imidazole rings is 1. The lowest BCUT2D eigenvalue weighted by Gasteiger charge is -2.22. The van der Waals surface area contributed by atoms with Crippen molar-refractivity contribution in [1.82, 2.24) is 9.55 Å². The molecule has 102 valence electrons. The fourth-order valence-electron chi connectivity index (χ4n) is 2.64. The van der Waals surface area contributed by atoms with Crippen LogP contribution in [0.25, 0.3) is 11.0 Å². The Hall–Kier alpha value is -1.33. The van der Waals surface area contributed by atoms with Gasteiger partial charge in [-0.3, -0.25) is 0 Å². The van der Waals surface area contributed by atoms with Gasteiger partial charge in [0.15, 0.2) is 4.77 Å². The molecule has 1 aromatic heterocycles. The second-order valence-electron chi connectivity index (χ2n) is 4.98. The molecule has 1 aliphatic rings. The topological polar surface area (TPSA) is 39.2 Å². The number of aromatic nitrogens is 2. The van der Waals surface area contributed by atoms with Crippen molar-refractivity contribution in [2.24, 2.45) is 5.92 Å². The molecule has 0 atom stereocenters. The van der Waals surface area contributed by atoms with E-state index in [9.17, 15) is 0 Å². The monoisotopic (exact) mass is 278 g/mol. The minimum atomic E-state index is 0.654. The summed E-state index contributed by atoms with van der Waals surface area (Å²) >= 11 is 5.44. The Morgan fingerprint density at radius 1 is 1.42 bits per heavy atom. The lowest BCUT2D eigenvalue weighted by atomic mass is 10.0. The Kier molecular flexibility index (Phi) is 3.57. The molecule has 0 radical (unpaired) electrons. The lowest BCUT2D eigenvalue weighted by Crippen LogP contribution is -2.20. The summed E-state index contributed by atoms with van der Waals surface area (Å²) in [6, 6.07) is 6.04. The highest BCUT2D eigenvalue weighted by molar-refractivity contribution is 7.71. The van der Waals surface area contributed by atoms with Crippen LogP contribution in [-0.4, -0.2) is 29.9 Å². The molecule has 2 heterocycles. The zero-order valence-electron chi connectivity index (χ0n) is 11.0. The van der Waals surface area contributed by atoms with Gasteiger partial charge in [0.25, 0.3) is 0 Å². The highest BCUT2D eigenvalue weighted by Crippen LogP contribution is 2.23. The van der Waals surface area contributed by atoms with E-state index in [1.165, 1.54) is 0 Å². The average Bonchev–Trinajstić information content (AvgIpc) is 2.75. The number of hydrogen-bond acceptors (Lipinski definition) is 3. The summed E-state index contributed by atoms with van der Waals surface area (Å²) in [7, 11) is 1.68. The maximum atomic E-state index is 5.44. The van der Waals surface area contributed by atoms with Crippen LogP contribution in [0.5, 0.6) is 5.75 Å². The summed E-state index contributed by atoms with van der Waals surface area (Å²) < 4.78 is 13.6. The van der Waals surface area contributed by atoms with E-state index in [0.717, 1.165) is 54.2 Å². The van der Waals surface area contributed by atoms with E-state index in [1.807, 2.05) is 12.1 Å². The van der Waals surface area contributed by atoms with Crippen molar-refractivity contribution < 1.29 is 9.47 Å². The van der Waals surface area contributed by atoms with Crippen LogP contribution < -0.4 is 4.74 Å². The quantitative estimate of drug-likeness (QED) is 0.877. The van der Waals surface area contributed by atoms with E-state index >= 15 is 0 Å². The standard InChI is InChI=1S/C14H18N2O2S/c1-17-11-2-3-13-12(8-11)15-14(19)16(13)9-10-4-6-18-7-5-10/h2-3,8,10H,4-7,9H2,1H3,(H,15,19). The van der Waals surface area contributed by atoms with Gasteiger partial charge in [0.1, 0.15) is 5.75 Å². The second kappa shape index (κ2) is 5.35. The number of hydrogen-bond donors (Lipinski definition) is 1. The number of ether oxygens (including phenoxy) is 2. The highest BCUT2D eigenvalue weighted by Gasteiger charge is 2.16. The normalized spacial score (nSPS) is 16.9. The molecule has 19 heavy (non-hydrogen) atoms. The second-order valence-corrected chi connectivity index (χ2v) is 5.37. The van der Waals surface area contributed by atoms with Crippen molar-refractivity contribution in [1.29, 1.82) is 0 Å². The molecule has 0 bridgehead atoms. The highest BCUT2D eigenvalue weighted by atomic mass is 32.1. The fourth-order valence-corrected chi connectivity index (χ4v) is 2.92. The van der Waals surface area contributed by atoms with Crippen LogP contribution in [0.3, 0.4) is 0 Å². The number of nitrogens with zero attached hydrogens (tertiary/aromatic N) is 1. The van der Waals surface area contributed by atoms with Gasteiger partial charge >= 0.3 is 0 Å². The number of methoxy groups -OCH3 is 1. The third-order valence-corrected chi connectivity index (χ3v) is 4.09. The summed E-state index contributed by atoms with van der Waals surface area (Å²) in [5.41, 5.74) is 2.19. The summed E-state index contributed by atoms with van der Waals surface area (Å²) in [5.74, 6) is 1.50. The molecule has 0 spiro atoms. The molecule has 2 aromatic rings. The molecule has 1 aromatic carbocycles. The molecule has 1 aliphatic heterocycles. The van der Waals surface area contributed by atoms with Gasteiger partial charge in [-0.2, -0.15) is 0 Å². The van der Waals surface area contributed by atoms with Gasteiger partial charge in [-0.1, -0.05) is 0 Å². The molecule has 0 aliphatic carbocycles.